The zero-order valence-electron chi connectivity index (χ0n) is 19.5. The monoisotopic (exact) mass is 465 g/mol. The molecule has 0 unspecified atom stereocenters. The minimum absolute atomic E-state index is 0.0721. The van der Waals surface area contributed by atoms with Gasteiger partial charge in [-0.15, -0.1) is 0 Å². The molecule has 0 N–H and O–H groups in total. The summed E-state index contributed by atoms with van der Waals surface area (Å²) in [6.45, 7) is 4.54. The van der Waals surface area contributed by atoms with Gasteiger partial charge in [-0.1, -0.05) is 47.6 Å². The van der Waals surface area contributed by atoms with E-state index in [1.165, 1.54) is 11.1 Å². The van der Waals surface area contributed by atoms with Gasteiger partial charge in [0.25, 0.3) is 5.91 Å². The predicted octanol–water partition coefficient (Wildman–Crippen LogP) is 3.19. The summed E-state index contributed by atoms with van der Waals surface area (Å²) in [6.07, 6.45) is 1.05. The molecule has 6 rings (SSSR count). The molecule has 3 aromatic carbocycles. The second-order valence-electron chi connectivity index (χ2n) is 8.99. The summed E-state index contributed by atoms with van der Waals surface area (Å²) in [6, 6.07) is 26.6. The minimum Gasteiger partial charge on any atom is -0.367 e. The average Bonchev–Trinajstić information content (AvgIpc) is 3.43. The van der Waals surface area contributed by atoms with E-state index in [2.05, 4.69) is 61.7 Å². The van der Waals surface area contributed by atoms with Gasteiger partial charge in [-0.05, 0) is 64.4 Å². The number of anilines is 2. The van der Waals surface area contributed by atoms with Gasteiger partial charge in [-0.25, -0.2) is 0 Å². The number of fused-ring (bicyclic) bond motifs is 1. The molecular weight excluding hydrogens is 438 g/mol. The molecule has 2 aliphatic rings. The number of amides is 1. The molecule has 1 amide bonds. The van der Waals surface area contributed by atoms with Crippen LogP contribution in [0.2, 0.25) is 0 Å². The Bertz CT molecular complexity index is 1310. The van der Waals surface area contributed by atoms with Gasteiger partial charge in [-0.2, -0.15) is 4.68 Å². The molecule has 3 heterocycles. The van der Waals surface area contributed by atoms with E-state index in [-0.39, 0.29) is 5.91 Å². The second-order valence-corrected chi connectivity index (χ2v) is 8.99. The van der Waals surface area contributed by atoms with Crippen LogP contribution in [0.5, 0.6) is 0 Å². The summed E-state index contributed by atoms with van der Waals surface area (Å²) >= 11 is 0. The molecule has 1 fully saturated rings. The Hall–Kier alpha value is -4.20. The van der Waals surface area contributed by atoms with Crippen molar-refractivity contribution >= 4 is 17.5 Å². The topological polar surface area (TPSA) is 70.4 Å². The molecule has 8 nitrogen and oxygen atoms in total. The highest BCUT2D eigenvalue weighted by Crippen LogP contribution is 2.25. The smallest absolute Gasteiger partial charge is 0.253 e. The molecule has 1 saturated heterocycles. The standard InChI is InChI=1S/C27H27N7O/c35-26(22-10-12-24(13-11-22)33-15-14-21-6-4-5-7-23(21)20-33)31-16-18-32(19-17-31)27-28-29-30-34(27)25-8-2-1-3-9-25/h1-13H,14-20H2. The molecule has 2 aliphatic heterocycles. The number of carbonyl (C=O) groups is 1. The fourth-order valence-electron chi connectivity index (χ4n) is 4.94. The maximum absolute atomic E-state index is 13.2. The third-order valence-corrected chi connectivity index (χ3v) is 6.91. The van der Waals surface area contributed by atoms with Gasteiger partial charge in [0, 0.05) is 50.5 Å². The van der Waals surface area contributed by atoms with Crippen LogP contribution in [0, 0.1) is 0 Å². The minimum atomic E-state index is 0.0721. The first-order chi connectivity index (χ1) is 17.3. The first-order valence-electron chi connectivity index (χ1n) is 12.1. The number of hydrogen-bond acceptors (Lipinski definition) is 6. The Morgan fingerprint density at radius 1 is 0.686 bits per heavy atom. The highest BCUT2D eigenvalue weighted by molar-refractivity contribution is 5.94. The molecule has 4 aromatic rings. The fraction of sp³-hybridized carbons (Fsp3) is 0.259. The SMILES string of the molecule is O=C(c1ccc(N2CCc3ccccc3C2)cc1)N1CCN(c2nnnn2-c2ccccc2)CC1. The van der Waals surface area contributed by atoms with Gasteiger partial charge >= 0.3 is 0 Å². The number of benzene rings is 3. The predicted molar refractivity (Wildman–Crippen MR) is 135 cm³/mol. The van der Waals surface area contributed by atoms with Gasteiger partial charge < -0.3 is 14.7 Å². The zero-order chi connectivity index (χ0) is 23.6. The molecule has 8 heteroatoms. The van der Waals surface area contributed by atoms with Crippen LogP contribution in [0.3, 0.4) is 0 Å². The van der Waals surface area contributed by atoms with Gasteiger partial charge in [0.2, 0.25) is 5.95 Å². The summed E-state index contributed by atoms with van der Waals surface area (Å²) in [5.41, 5.74) is 5.63. The highest BCUT2D eigenvalue weighted by atomic mass is 16.2. The first kappa shape index (κ1) is 21.3. The molecule has 0 radical (unpaired) electrons. The largest absolute Gasteiger partial charge is 0.367 e. The van der Waals surface area contributed by atoms with E-state index < -0.39 is 0 Å². The van der Waals surface area contributed by atoms with Crippen LogP contribution >= 0.6 is 0 Å². The second kappa shape index (κ2) is 9.21. The van der Waals surface area contributed by atoms with Crippen molar-refractivity contribution in [2.75, 3.05) is 42.5 Å². The maximum atomic E-state index is 13.2. The molecule has 0 saturated carbocycles. The molecule has 0 spiro atoms. The molecule has 176 valence electrons. The fourth-order valence-corrected chi connectivity index (χ4v) is 4.94. The van der Waals surface area contributed by atoms with E-state index in [1.54, 1.807) is 4.68 Å². The Morgan fingerprint density at radius 3 is 2.17 bits per heavy atom. The van der Waals surface area contributed by atoms with Gasteiger partial charge in [0.1, 0.15) is 0 Å². The molecule has 0 bridgehead atoms. The average molecular weight is 466 g/mol. The molecule has 35 heavy (non-hydrogen) atoms. The summed E-state index contributed by atoms with van der Waals surface area (Å²) in [5.74, 6) is 0.776. The number of nitrogens with zero attached hydrogens (tertiary/aromatic N) is 7. The summed E-state index contributed by atoms with van der Waals surface area (Å²) in [4.78, 5) is 19.6. The Morgan fingerprint density at radius 2 is 1.40 bits per heavy atom. The number of carbonyl (C=O) groups excluding carboxylic acids is 1. The van der Waals surface area contributed by atoms with Gasteiger partial charge in [-0.3, -0.25) is 4.79 Å². The Kier molecular flexibility index (Phi) is 5.62. The Balaban J connectivity index is 1.09. The van der Waals surface area contributed by atoms with Crippen LogP contribution in [0.1, 0.15) is 21.5 Å². The molecular formula is C27H27N7O. The van der Waals surface area contributed by atoms with E-state index in [0.717, 1.165) is 36.4 Å². The lowest BCUT2D eigenvalue weighted by Gasteiger charge is -2.35. The van der Waals surface area contributed by atoms with E-state index in [0.29, 0.717) is 32.1 Å². The summed E-state index contributed by atoms with van der Waals surface area (Å²) in [5, 5.41) is 12.3. The first-order valence-corrected chi connectivity index (χ1v) is 12.1. The quantitative estimate of drug-likeness (QED) is 0.461. The van der Waals surface area contributed by atoms with Crippen LogP contribution < -0.4 is 9.80 Å². The summed E-state index contributed by atoms with van der Waals surface area (Å²) < 4.78 is 1.75. The lowest BCUT2D eigenvalue weighted by atomic mass is 9.99. The van der Waals surface area contributed by atoms with Crippen molar-refractivity contribution < 1.29 is 4.79 Å². The van der Waals surface area contributed by atoms with Crippen LogP contribution in [-0.2, 0) is 13.0 Å². The van der Waals surface area contributed by atoms with Crippen molar-refractivity contribution in [1.29, 1.82) is 0 Å². The van der Waals surface area contributed by atoms with Crippen molar-refractivity contribution in [2.45, 2.75) is 13.0 Å². The number of rotatable bonds is 4. The maximum Gasteiger partial charge on any atom is 0.253 e. The molecule has 1 aromatic heterocycles. The lowest BCUT2D eigenvalue weighted by Crippen LogP contribution is -2.49. The highest BCUT2D eigenvalue weighted by Gasteiger charge is 2.26. The van der Waals surface area contributed by atoms with E-state index in [1.807, 2.05) is 47.4 Å². The third-order valence-electron chi connectivity index (χ3n) is 6.91. The summed E-state index contributed by atoms with van der Waals surface area (Å²) in [7, 11) is 0. The molecule has 0 atom stereocenters. The number of piperazine rings is 1. The van der Waals surface area contributed by atoms with E-state index in [4.69, 9.17) is 0 Å². The molecule has 0 aliphatic carbocycles. The van der Waals surface area contributed by atoms with Crippen LogP contribution in [0.15, 0.2) is 78.9 Å². The van der Waals surface area contributed by atoms with Crippen LogP contribution in [0.25, 0.3) is 5.69 Å². The van der Waals surface area contributed by atoms with Gasteiger partial charge in [0.15, 0.2) is 0 Å². The van der Waals surface area contributed by atoms with Crippen molar-refractivity contribution in [3.05, 3.63) is 95.6 Å². The van der Waals surface area contributed by atoms with Crippen molar-refractivity contribution in [2.24, 2.45) is 0 Å². The lowest BCUT2D eigenvalue weighted by molar-refractivity contribution is 0.0746. The number of para-hydroxylation sites is 1. The van der Waals surface area contributed by atoms with Crippen molar-refractivity contribution in [3.63, 3.8) is 0 Å². The van der Waals surface area contributed by atoms with Gasteiger partial charge in [0.05, 0.1) is 5.69 Å². The number of tetrazole rings is 1. The number of aromatic nitrogens is 4. The Labute approximate surface area is 204 Å². The van der Waals surface area contributed by atoms with E-state index in [9.17, 15) is 4.79 Å². The van der Waals surface area contributed by atoms with Crippen LogP contribution in [0.4, 0.5) is 11.6 Å². The van der Waals surface area contributed by atoms with Crippen LogP contribution in [-0.4, -0.2) is 63.7 Å². The zero-order valence-corrected chi connectivity index (χ0v) is 19.5. The normalized spacial score (nSPS) is 15.7. The number of hydrogen-bond donors (Lipinski definition) is 0. The third kappa shape index (κ3) is 4.23. The van der Waals surface area contributed by atoms with Crippen molar-refractivity contribution in [3.8, 4) is 5.69 Å². The van der Waals surface area contributed by atoms with Crippen molar-refractivity contribution in [1.82, 2.24) is 25.1 Å². The van der Waals surface area contributed by atoms with E-state index >= 15 is 0 Å².